The number of non-ortho nitro benzene ring substituents is 1. The highest BCUT2D eigenvalue weighted by atomic mass is 16.6. The second-order valence-corrected chi connectivity index (χ2v) is 5.47. The fourth-order valence-corrected chi connectivity index (χ4v) is 2.43. The third-order valence-corrected chi connectivity index (χ3v) is 3.70. The van der Waals surface area contributed by atoms with Gasteiger partial charge in [-0.15, -0.1) is 0 Å². The summed E-state index contributed by atoms with van der Waals surface area (Å²) in [5.74, 6) is -0.411. The number of nitro benzene ring substituents is 1. The smallest absolute Gasteiger partial charge is 0.274 e. The summed E-state index contributed by atoms with van der Waals surface area (Å²) in [6.07, 6.45) is 1.99. The quantitative estimate of drug-likeness (QED) is 0.578. The summed E-state index contributed by atoms with van der Waals surface area (Å²) < 4.78 is 0. The van der Waals surface area contributed by atoms with Crippen LogP contribution in [0.4, 0.5) is 11.4 Å². The topological polar surface area (TPSA) is 111 Å². The van der Waals surface area contributed by atoms with Crippen LogP contribution in [0.1, 0.15) is 28.8 Å². The van der Waals surface area contributed by atoms with Crippen LogP contribution < -0.4 is 5.32 Å². The standard InChI is InChI=1S/C17H15N5O3/c1-3-11-7-15(21-17(23)16-6-10(2)18-9-19-16)13-8-12(22(24)25)4-5-14(13)20-11/h4-9H,3H2,1-2H3,(H,20,21,23). The predicted molar refractivity (Wildman–Crippen MR) is 92.5 cm³/mol. The van der Waals surface area contributed by atoms with Gasteiger partial charge in [-0.3, -0.25) is 19.9 Å². The molecule has 25 heavy (non-hydrogen) atoms. The summed E-state index contributed by atoms with van der Waals surface area (Å²) in [6, 6.07) is 7.67. The minimum atomic E-state index is -0.480. The van der Waals surface area contributed by atoms with Gasteiger partial charge in [-0.25, -0.2) is 9.97 Å². The Morgan fingerprint density at radius 2 is 2.04 bits per heavy atom. The van der Waals surface area contributed by atoms with Crippen molar-refractivity contribution in [3.63, 3.8) is 0 Å². The fourth-order valence-electron chi connectivity index (χ4n) is 2.43. The molecular formula is C17H15N5O3. The number of hydrogen-bond donors (Lipinski definition) is 1. The van der Waals surface area contributed by atoms with Gasteiger partial charge in [0.05, 0.1) is 16.1 Å². The van der Waals surface area contributed by atoms with Crippen LogP contribution in [0.15, 0.2) is 36.7 Å². The molecule has 126 valence electrons. The number of carbonyl (C=O) groups excluding carboxylic acids is 1. The molecular weight excluding hydrogens is 322 g/mol. The maximum absolute atomic E-state index is 12.5. The zero-order valence-corrected chi connectivity index (χ0v) is 13.7. The van der Waals surface area contributed by atoms with Crippen LogP contribution in [0.3, 0.4) is 0 Å². The molecule has 0 spiro atoms. The zero-order chi connectivity index (χ0) is 18.0. The second-order valence-electron chi connectivity index (χ2n) is 5.47. The molecule has 0 saturated carbocycles. The van der Waals surface area contributed by atoms with Crippen molar-refractivity contribution < 1.29 is 9.72 Å². The maximum atomic E-state index is 12.5. The van der Waals surface area contributed by atoms with Crippen LogP contribution in [-0.4, -0.2) is 25.8 Å². The third-order valence-electron chi connectivity index (χ3n) is 3.70. The van der Waals surface area contributed by atoms with Gasteiger partial charge in [0.2, 0.25) is 0 Å². The van der Waals surface area contributed by atoms with E-state index in [-0.39, 0.29) is 11.4 Å². The molecule has 1 aromatic carbocycles. The molecule has 0 unspecified atom stereocenters. The number of benzene rings is 1. The number of fused-ring (bicyclic) bond motifs is 1. The molecule has 0 aliphatic rings. The maximum Gasteiger partial charge on any atom is 0.274 e. The van der Waals surface area contributed by atoms with Crippen molar-refractivity contribution in [3.8, 4) is 0 Å². The Morgan fingerprint density at radius 3 is 2.72 bits per heavy atom. The number of aryl methyl sites for hydroxylation is 2. The lowest BCUT2D eigenvalue weighted by Crippen LogP contribution is -2.15. The molecule has 0 aliphatic carbocycles. The largest absolute Gasteiger partial charge is 0.320 e. The molecule has 0 atom stereocenters. The SMILES string of the molecule is CCc1cc(NC(=O)c2cc(C)ncn2)c2cc([N+](=O)[O-])ccc2n1. The van der Waals surface area contributed by atoms with Crippen molar-refractivity contribution in [1.82, 2.24) is 15.0 Å². The molecule has 8 heteroatoms. The van der Waals surface area contributed by atoms with Crippen molar-refractivity contribution in [3.05, 3.63) is 63.9 Å². The molecule has 3 rings (SSSR count). The van der Waals surface area contributed by atoms with Crippen LogP contribution in [0.25, 0.3) is 10.9 Å². The molecule has 8 nitrogen and oxygen atoms in total. The lowest BCUT2D eigenvalue weighted by molar-refractivity contribution is -0.384. The number of hydrogen-bond acceptors (Lipinski definition) is 6. The minimum absolute atomic E-state index is 0.0630. The molecule has 1 amide bonds. The normalized spacial score (nSPS) is 10.6. The highest BCUT2D eigenvalue weighted by molar-refractivity contribution is 6.08. The first kappa shape index (κ1) is 16.4. The molecule has 0 radical (unpaired) electrons. The van der Waals surface area contributed by atoms with E-state index in [1.807, 2.05) is 6.92 Å². The van der Waals surface area contributed by atoms with E-state index in [9.17, 15) is 14.9 Å². The number of pyridine rings is 1. The molecule has 0 bridgehead atoms. The van der Waals surface area contributed by atoms with Gasteiger partial charge in [-0.1, -0.05) is 6.92 Å². The lowest BCUT2D eigenvalue weighted by Gasteiger charge is -2.10. The lowest BCUT2D eigenvalue weighted by atomic mass is 10.1. The van der Waals surface area contributed by atoms with Crippen molar-refractivity contribution >= 4 is 28.2 Å². The summed E-state index contributed by atoms with van der Waals surface area (Å²) >= 11 is 0. The van der Waals surface area contributed by atoms with Crippen molar-refractivity contribution in [2.24, 2.45) is 0 Å². The highest BCUT2D eigenvalue weighted by Gasteiger charge is 2.15. The van der Waals surface area contributed by atoms with E-state index in [2.05, 4.69) is 20.3 Å². The Balaban J connectivity index is 2.08. The third kappa shape index (κ3) is 3.42. The molecule has 0 saturated heterocycles. The molecule has 2 aromatic heterocycles. The van der Waals surface area contributed by atoms with Crippen LogP contribution in [-0.2, 0) is 6.42 Å². The van der Waals surface area contributed by atoms with Gasteiger partial charge in [0, 0.05) is 28.9 Å². The van der Waals surface area contributed by atoms with Crippen LogP contribution in [0.2, 0.25) is 0 Å². The van der Waals surface area contributed by atoms with Gasteiger partial charge in [0.25, 0.3) is 11.6 Å². The number of nitrogens with one attached hydrogen (secondary N) is 1. The van der Waals surface area contributed by atoms with Crippen LogP contribution >= 0.6 is 0 Å². The van der Waals surface area contributed by atoms with Gasteiger partial charge >= 0.3 is 0 Å². The first-order chi connectivity index (χ1) is 12.0. The van der Waals surface area contributed by atoms with E-state index in [0.29, 0.717) is 28.7 Å². The Labute approximate surface area is 143 Å². The first-order valence-corrected chi connectivity index (χ1v) is 7.66. The summed E-state index contributed by atoms with van der Waals surface area (Å²) in [7, 11) is 0. The Bertz CT molecular complexity index is 987. The fraction of sp³-hybridized carbons (Fsp3) is 0.176. The van der Waals surface area contributed by atoms with Gasteiger partial charge in [-0.05, 0) is 31.5 Å². The van der Waals surface area contributed by atoms with E-state index in [1.54, 1.807) is 25.1 Å². The average Bonchev–Trinajstić information content (AvgIpc) is 2.61. The van der Waals surface area contributed by atoms with E-state index < -0.39 is 10.8 Å². The van der Waals surface area contributed by atoms with E-state index in [0.717, 1.165) is 5.69 Å². The van der Waals surface area contributed by atoms with Gasteiger partial charge in [0.15, 0.2) is 0 Å². The van der Waals surface area contributed by atoms with E-state index >= 15 is 0 Å². The predicted octanol–water partition coefficient (Wildman–Crippen LogP) is 3.06. The number of nitro groups is 1. The Kier molecular flexibility index (Phi) is 4.34. The number of carbonyl (C=O) groups is 1. The summed E-state index contributed by atoms with van der Waals surface area (Å²) in [5, 5.41) is 14.3. The number of nitrogens with zero attached hydrogens (tertiary/aromatic N) is 4. The number of rotatable bonds is 4. The summed E-state index contributed by atoms with van der Waals surface area (Å²) in [6.45, 7) is 3.71. The van der Waals surface area contributed by atoms with Gasteiger partial charge < -0.3 is 5.32 Å². The van der Waals surface area contributed by atoms with Crippen LogP contribution in [0, 0.1) is 17.0 Å². The van der Waals surface area contributed by atoms with Crippen LogP contribution in [0.5, 0.6) is 0 Å². The van der Waals surface area contributed by atoms with Gasteiger partial charge in [0.1, 0.15) is 12.0 Å². The molecule has 0 aliphatic heterocycles. The Morgan fingerprint density at radius 1 is 1.24 bits per heavy atom. The summed E-state index contributed by atoms with van der Waals surface area (Å²) in [4.78, 5) is 35.4. The van der Waals surface area contributed by atoms with Gasteiger partial charge in [-0.2, -0.15) is 0 Å². The molecule has 2 heterocycles. The van der Waals surface area contributed by atoms with Crippen molar-refractivity contribution in [1.29, 1.82) is 0 Å². The minimum Gasteiger partial charge on any atom is -0.320 e. The average molecular weight is 337 g/mol. The number of amides is 1. The van der Waals surface area contributed by atoms with Crippen molar-refractivity contribution in [2.75, 3.05) is 5.32 Å². The van der Waals surface area contributed by atoms with E-state index in [1.165, 1.54) is 18.5 Å². The highest BCUT2D eigenvalue weighted by Crippen LogP contribution is 2.28. The number of aromatic nitrogens is 3. The molecule has 3 aromatic rings. The molecule has 1 N–H and O–H groups in total. The monoisotopic (exact) mass is 337 g/mol. The van der Waals surface area contributed by atoms with Crippen molar-refractivity contribution in [2.45, 2.75) is 20.3 Å². The Hall–Kier alpha value is -3.42. The second kappa shape index (κ2) is 6.60. The number of anilines is 1. The summed E-state index contributed by atoms with van der Waals surface area (Å²) in [5.41, 5.74) is 2.65. The molecule has 0 fully saturated rings. The van der Waals surface area contributed by atoms with E-state index in [4.69, 9.17) is 0 Å². The first-order valence-electron chi connectivity index (χ1n) is 7.66. The zero-order valence-electron chi connectivity index (χ0n) is 13.7.